The van der Waals surface area contributed by atoms with Crippen molar-refractivity contribution in [3.63, 3.8) is 0 Å². The van der Waals surface area contributed by atoms with E-state index >= 15 is 0 Å². The van der Waals surface area contributed by atoms with E-state index in [-0.39, 0.29) is 17.9 Å². The minimum atomic E-state index is -0.168. The van der Waals surface area contributed by atoms with Crippen molar-refractivity contribution in [2.45, 2.75) is 32.7 Å². The Bertz CT molecular complexity index is 648. The number of ether oxygens (including phenoxy) is 1. The molecule has 1 atom stereocenters. The zero-order valence-corrected chi connectivity index (χ0v) is 13.0. The van der Waals surface area contributed by atoms with Crippen LogP contribution >= 0.6 is 0 Å². The first-order valence-corrected chi connectivity index (χ1v) is 7.43. The molecule has 22 heavy (non-hydrogen) atoms. The molecule has 1 aliphatic heterocycles. The van der Waals surface area contributed by atoms with E-state index in [2.05, 4.69) is 15.4 Å². The summed E-state index contributed by atoms with van der Waals surface area (Å²) in [5.74, 6) is 0.622. The van der Waals surface area contributed by atoms with E-state index in [1.165, 1.54) is 0 Å². The number of hydrogen-bond acceptors (Lipinski definition) is 5. The number of nitrogens with one attached hydrogen (secondary N) is 1. The molecule has 0 aromatic carbocycles. The second-order valence-corrected chi connectivity index (χ2v) is 5.75. The van der Waals surface area contributed by atoms with Gasteiger partial charge in [-0.3, -0.25) is 9.89 Å². The van der Waals surface area contributed by atoms with Crippen LogP contribution in [-0.4, -0.2) is 45.9 Å². The Balaban J connectivity index is 1.94. The van der Waals surface area contributed by atoms with Crippen LogP contribution in [0.2, 0.25) is 0 Å². The molecule has 7 heteroatoms. The van der Waals surface area contributed by atoms with Crippen LogP contribution in [0.1, 0.15) is 53.3 Å². The van der Waals surface area contributed by atoms with Gasteiger partial charge in [-0.2, -0.15) is 5.10 Å². The second kappa shape index (κ2) is 5.92. The van der Waals surface area contributed by atoms with Gasteiger partial charge in [0.05, 0.1) is 30.6 Å². The number of amides is 1. The van der Waals surface area contributed by atoms with Crippen LogP contribution in [0.5, 0.6) is 0 Å². The maximum atomic E-state index is 13.0. The van der Waals surface area contributed by atoms with Gasteiger partial charge in [0, 0.05) is 12.7 Å². The predicted octanol–water partition coefficient (Wildman–Crippen LogP) is 2.04. The quantitative estimate of drug-likeness (QED) is 0.938. The molecule has 2 aromatic heterocycles. The van der Waals surface area contributed by atoms with Gasteiger partial charge in [-0.25, -0.2) is 0 Å². The highest BCUT2D eigenvalue weighted by molar-refractivity contribution is 5.96. The summed E-state index contributed by atoms with van der Waals surface area (Å²) >= 11 is 0. The maximum Gasteiger partial charge on any atom is 0.260 e. The number of morpholine rings is 1. The average Bonchev–Trinajstić information content (AvgIpc) is 3.16. The molecule has 0 aliphatic carbocycles. The van der Waals surface area contributed by atoms with E-state index in [4.69, 9.17) is 9.26 Å². The Morgan fingerprint density at radius 2 is 2.32 bits per heavy atom. The monoisotopic (exact) mass is 304 g/mol. The summed E-state index contributed by atoms with van der Waals surface area (Å²) in [4.78, 5) is 14.9. The average molecular weight is 304 g/mol. The Morgan fingerprint density at radius 3 is 3.00 bits per heavy atom. The third-order valence-corrected chi connectivity index (χ3v) is 3.92. The van der Waals surface area contributed by atoms with E-state index in [0.717, 1.165) is 5.69 Å². The number of nitrogens with zero attached hydrogens (tertiary/aromatic N) is 3. The number of aromatic amines is 1. The largest absolute Gasteiger partial charge is 0.377 e. The van der Waals surface area contributed by atoms with Crippen LogP contribution < -0.4 is 0 Å². The van der Waals surface area contributed by atoms with Crippen molar-refractivity contribution >= 4 is 5.91 Å². The molecule has 1 saturated heterocycles. The van der Waals surface area contributed by atoms with E-state index in [1.807, 2.05) is 24.8 Å². The number of aryl methyl sites for hydroxylation is 1. The van der Waals surface area contributed by atoms with Crippen molar-refractivity contribution in [1.29, 1.82) is 0 Å². The van der Waals surface area contributed by atoms with Crippen LogP contribution in [0.4, 0.5) is 0 Å². The van der Waals surface area contributed by atoms with Gasteiger partial charge in [0.1, 0.15) is 11.3 Å². The first kappa shape index (κ1) is 14.8. The third-order valence-electron chi connectivity index (χ3n) is 3.92. The van der Waals surface area contributed by atoms with E-state index < -0.39 is 0 Å². The molecular weight excluding hydrogens is 284 g/mol. The Kier molecular flexibility index (Phi) is 3.98. The molecule has 3 rings (SSSR count). The fourth-order valence-electron chi connectivity index (χ4n) is 2.74. The number of rotatable bonds is 3. The summed E-state index contributed by atoms with van der Waals surface area (Å²) in [5.41, 5.74) is 2.15. The zero-order valence-electron chi connectivity index (χ0n) is 13.0. The van der Waals surface area contributed by atoms with Crippen LogP contribution in [0.15, 0.2) is 16.8 Å². The summed E-state index contributed by atoms with van der Waals surface area (Å²) in [6.07, 6.45) is 1.68. The molecule has 0 saturated carbocycles. The first-order valence-electron chi connectivity index (χ1n) is 7.43. The van der Waals surface area contributed by atoms with Gasteiger partial charge in [-0.1, -0.05) is 19.0 Å². The van der Waals surface area contributed by atoms with Crippen LogP contribution in [0.3, 0.4) is 0 Å². The first-order chi connectivity index (χ1) is 10.6. The minimum Gasteiger partial charge on any atom is -0.377 e. The molecule has 118 valence electrons. The molecule has 1 N–H and O–H groups in total. The third kappa shape index (κ3) is 2.52. The summed E-state index contributed by atoms with van der Waals surface area (Å²) in [6, 6.07) is 1.70. The van der Waals surface area contributed by atoms with Crippen LogP contribution in [0, 0.1) is 6.92 Å². The van der Waals surface area contributed by atoms with Crippen molar-refractivity contribution in [2.24, 2.45) is 0 Å². The van der Waals surface area contributed by atoms with Crippen molar-refractivity contribution in [1.82, 2.24) is 20.3 Å². The molecule has 0 radical (unpaired) electrons. The van der Waals surface area contributed by atoms with Gasteiger partial charge in [0.15, 0.2) is 0 Å². The Hall–Kier alpha value is -2.15. The SMILES string of the molecule is Cc1onc(C(C)C)c1C(=O)N1CCOC[C@H]1c1ccn[nH]1. The van der Waals surface area contributed by atoms with Gasteiger partial charge in [-0.05, 0) is 18.9 Å². The lowest BCUT2D eigenvalue weighted by Crippen LogP contribution is -2.44. The Labute approximate surface area is 128 Å². The highest BCUT2D eigenvalue weighted by atomic mass is 16.5. The number of H-pyrrole nitrogens is 1. The maximum absolute atomic E-state index is 13.0. The van der Waals surface area contributed by atoms with E-state index in [1.54, 1.807) is 13.1 Å². The second-order valence-electron chi connectivity index (χ2n) is 5.75. The molecule has 7 nitrogen and oxygen atoms in total. The lowest BCUT2D eigenvalue weighted by molar-refractivity contribution is -0.00406. The van der Waals surface area contributed by atoms with Gasteiger partial charge in [0.25, 0.3) is 5.91 Å². The molecule has 2 aromatic rings. The standard InChI is InChI=1S/C15H20N4O3/c1-9(2)14-13(10(3)22-18-14)15(20)19-6-7-21-8-12(19)11-4-5-16-17-11/h4-5,9,12H,6-8H2,1-3H3,(H,16,17)/t12-/m0/s1. The number of carbonyl (C=O) groups excluding carboxylic acids is 1. The van der Waals surface area contributed by atoms with Gasteiger partial charge in [0.2, 0.25) is 0 Å². The zero-order chi connectivity index (χ0) is 15.7. The summed E-state index contributed by atoms with van der Waals surface area (Å²) in [7, 11) is 0. The normalized spacial score (nSPS) is 18.9. The molecule has 1 aliphatic rings. The number of aromatic nitrogens is 3. The molecule has 1 fully saturated rings. The molecule has 0 spiro atoms. The summed E-state index contributed by atoms with van der Waals surface area (Å²) in [6.45, 7) is 7.29. The van der Waals surface area contributed by atoms with Crippen molar-refractivity contribution in [3.8, 4) is 0 Å². The molecule has 0 unspecified atom stereocenters. The number of carbonyl (C=O) groups is 1. The van der Waals surface area contributed by atoms with E-state index in [9.17, 15) is 4.79 Å². The fraction of sp³-hybridized carbons (Fsp3) is 0.533. The lowest BCUT2D eigenvalue weighted by atomic mass is 10.0. The number of hydrogen-bond donors (Lipinski definition) is 1. The molecule has 0 bridgehead atoms. The highest BCUT2D eigenvalue weighted by Crippen LogP contribution is 2.28. The van der Waals surface area contributed by atoms with Crippen LogP contribution in [0.25, 0.3) is 0 Å². The fourth-order valence-corrected chi connectivity index (χ4v) is 2.74. The van der Waals surface area contributed by atoms with Gasteiger partial charge in [-0.15, -0.1) is 0 Å². The van der Waals surface area contributed by atoms with Gasteiger partial charge < -0.3 is 14.2 Å². The summed E-state index contributed by atoms with van der Waals surface area (Å²) in [5, 5.41) is 10.9. The molecule has 1 amide bonds. The topological polar surface area (TPSA) is 84.2 Å². The van der Waals surface area contributed by atoms with Crippen LogP contribution in [-0.2, 0) is 4.74 Å². The van der Waals surface area contributed by atoms with Gasteiger partial charge >= 0.3 is 0 Å². The molecular formula is C15H20N4O3. The van der Waals surface area contributed by atoms with E-state index in [0.29, 0.717) is 36.8 Å². The molecule has 3 heterocycles. The smallest absolute Gasteiger partial charge is 0.260 e. The summed E-state index contributed by atoms with van der Waals surface area (Å²) < 4.78 is 10.8. The highest BCUT2D eigenvalue weighted by Gasteiger charge is 2.34. The minimum absolute atomic E-state index is 0.0645. The van der Waals surface area contributed by atoms with Crippen molar-refractivity contribution in [3.05, 3.63) is 35.0 Å². The van der Waals surface area contributed by atoms with Crippen molar-refractivity contribution in [2.75, 3.05) is 19.8 Å². The Morgan fingerprint density at radius 1 is 1.50 bits per heavy atom. The lowest BCUT2D eigenvalue weighted by Gasteiger charge is -2.35. The van der Waals surface area contributed by atoms with Crippen molar-refractivity contribution < 1.29 is 14.1 Å². The predicted molar refractivity (Wildman–Crippen MR) is 78.5 cm³/mol.